The first kappa shape index (κ1) is 14.5. The predicted molar refractivity (Wildman–Crippen MR) is 82.2 cm³/mol. The van der Waals surface area contributed by atoms with E-state index in [1.807, 2.05) is 24.3 Å². The van der Waals surface area contributed by atoms with Gasteiger partial charge in [-0.15, -0.1) is 0 Å². The summed E-state index contributed by atoms with van der Waals surface area (Å²) < 4.78 is 4.72. The van der Waals surface area contributed by atoms with E-state index in [-0.39, 0.29) is 5.97 Å². The van der Waals surface area contributed by atoms with Gasteiger partial charge in [-0.3, -0.25) is 4.90 Å². The predicted octanol–water partition coefficient (Wildman–Crippen LogP) is 2.05. The molecule has 0 bridgehead atoms. The van der Waals surface area contributed by atoms with Crippen molar-refractivity contribution < 1.29 is 9.53 Å². The number of carbonyl (C=O) groups is 1. The van der Waals surface area contributed by atoms with E-state index in [0.29, 0.717) is 5.56 Å². The first-order chi connectivity index (χ1) is 10.2. The van der Waals surface area contributed by atoms with Gasteiger partial charge in [-0.05, 0) is 56.0 Å². The second-order valence-electron chi connectivity index (χ2n) is 6.26. The number of hydrogen-bond acceptors (Lipinski definition) is 4. The number of methoxy groups -OCH3 is 1. The van der Waals surface area contributed by atoms with Gasteiger partial charge in [0.25, 0.3) is 0 Å². The Labute approximate surface area is 126 Å². The zero-order valence-corrected chi connectivity index (χ0v) is 12.7. The van der Waals surface area contributed by atoms with Crippen molar-refractivity contribution >= 4 is 5.97 Å². The van der Waals surface area contributed by atoms with Crippen molar-refractivity contribution in [3.8, 4) is 0 Å². The molecule has 1 heterocycles. The van der Waals surface area contributed by atoms with Gasteiger partial charge in [0, 0.05) is 19.1 Å². The summed E-state index contributed by atoms with van der Waals surface area (Å²) in [5.74, 6) is 0.522. The quantitative estimate of drug-likeness (QED) is 0.814. The maximum atomic E-state index is 11.4. The van der Waals surface area contributed by atoms with Crippen LogP contribution in [0.3, 0.4) is 0 Å². The summed E-state index contributed by atoms with van der Waals surface area (Å²) in [5.41, 5.74) is 1.88. The van der Waals surface area contributed by atoms with Crippen molar-refractivity contribution in [3.05, 3.63) is 35.4 Å². The van der Waals surface area contributed by atoms with Gasteiger partial charge in [0.1, 0.15) is 0 Å². The van der Waals surface area contributed by atoms with E-state index in [1.54, 1.807) is 0 Å². The number of likely N-dealkylation sites (tertiary alicyclic amines) is 1. The third kappa shape index (κ3) is 4.05. The highest BCUT2D eigenvalue weighted by atomic mass is 16.5. The summed E-state index contributed by atoms with van der Waals surface area (Å²) in [6, 6.07) is 8.57. The summed E-state index contributed by atoms with van der Waals surface area (Å²) in [6.07, 6.45) is 4.02. The van der Waals surface area contributed by atoms with E-state index < -0.39 is 0 Å². The van der Waals surface area contributed by atoms with Gasteiger partial charge in [-0.25, -0.2) is 4.79 Å². The maximum Gasteiger partial charge on any atom is 0.337 e. The average Bonchev–Trinajstić information content (AvgIpc) is 3.25. The molecule has 21 heavy (non-hydrogen) atoms. The van der Waals surface area contributed by atoms with Gasteiger partial charge in [0.05, 0.1) is 12.7 Å². The molecule has 1 saturated carbocycles. The number of carbonyl (C=O) groups excluding carboxylic acids is 1. The molecule has 4 heteroatoms. The SMILES string of the molecule is COC(=O)c1ccc(CN2CCC(CNC3CC3)C2)cc1. The molecule has 1 saturated heterocycles. The molecule has 1 aromatic carbocycles. The average molecular weight is 288 g/mol. The fraction of sp³-hybridized carbons (Fsp3) is 0.588. The van der Waals surface area contributed by atoms with Crippen molar-refractivity contribution in [2.45, 2.75) is 31.8 Å². The van der Waals surface area contributed by atoms with E-state index in [0.717, 1.165) is 18.5 Å². The van der Waals surface area contributed by atoms with E-state index >= 15 is 0 Å². The van der Waals surface area contributed by atoms with Crippen LogP contribution in [0.2, 0.25) is 0 Å². The molecule has 0 aromatic heterocycles. The molecule has 114 valence electrons. The Balaban J connectivity index is 1.46. The molecule has 1 aliphatic heterocycles. The minimum Gasteiger partial charge on any atom is -0.465 e. The van der Waals surface area contributed by atoms with Crippen LogP contribution in [0.5, 0.6) is 0 Å². The van der Waals surface area contributed by atoms with Crippen LogP contribution >= 0.6 is 0 Å². The van der Waals surface area contributed by atoms with E-state index in [2.05, 4.69) is 10.2 Å². The molecule has 3 rings (SSSR count). The fourth-order valence-corrected chi connectivity index (χ4v) is 2.97. The van der Waals surface area contributed by atoms with Crippen LogP contribution in [-0.4, -0.2) is 43.7 Å². The molecule has 4 nitrogen and oxygen atoms in total. The number of esters is 1. The van der Waals surface area contributed by atoms with Crippen molar-refractivity contribution in [1.29, 1.82) is 0 Å². The van der Waals surface area contributed by atoms with Gasteiger partial charge >= 0.3 is 5.97 Å². The van der Waals surface area contributed by atoms with Crippen LogP contribution in [0, 0.1) is 5.92 Å². The Kier molecular flexibility index (Phi) is 4.56. The smallest absolute Gasteiger partial charge is 0.337 e. The molecule has 2 aliphatic rings. The monoisotopic (exact) mass is 288 g/mol. The van der Waals surface area contributed by atoms with Crippen molar-refractivity contribution in [1.82, 2.24) is 10.2 Å². The van der Waals surface area contributed by atoms with Gasteiger partial charge in [-0.2, -0.15) is 0 Å². The summed E-state index contributed by atoms with van der Waals surface area (Å²) >= 11 is 0. The zero-order valence-electron chi connectivity index (χ0n) is 12.7. The van der Waals surface area contributed by atoms with Crippen molar-refractivity contribution in [2.75, 3.05) is 26.7 Å². The van der Waals surface area contributed by atoms with E-state index in [4.69, 9.17) is 4.74 Å². The van der Waals surface area contributed by atoms with Crippen LogP contribution in [-0.2, 0) is 11.3 Å². The van der Waals surface area contributed by atoms with Crippen LogP contribution in [0.1, 0.15) is 35.2 Å². The molecule has 1 atom stereocenters. The molecular weight excluding hydrogens is 264 g/mol. The first-order valence-corrected chi connectivity index (χ1v) is 7.87. The van der Waals surface area contributed by atoms with Crippen molar-refractivity contribution in [2.24, 2.45) is 5.92 Å². The molecule has 2 fully saturated rings. The second kappa shape index (κ2) is 6.58. The van der Waals surface area contributed by atoms with Crippen LogP contribution < -0.4 is 5.32 Å². The third-order valence-electron chi connectivity index (χ3n) is 4.42. The van der Waals surface area contributed by atoms with Crippen LogP contribution in [0.15, 0.2) is 24.3 Å². The Morgan fingerprint density at radius 2 is 2.05 bits per heavy atom. The highest BCUT2D eigenvalue weighted by molar-refractivity contribution is 5.89. The number of benzene rings is 1. The summed E-state index contributed by atoms with van der Waals surface area (Å²) in [5, 5.41) is 3.63. The highest BCUT2D eigenvalue weighted by Gasteiger charge is 2.26. The standard InChI is InChI=1S/C17H24N2O2/c1-21-17(20)15-4-2-13(3-5-15)11-19-9-8-14(12-19)10-18-16-6-7-16/h2-5,14,16,18H,6-12H2,1H3. The minimum absolute atomic E-state index is 0.270. The number of hydrogen-bond donors (Lipinski definition) is 1. The lowest BCUT2D eigenvalue weighted by atomic mass is 10.1. The Bertz CT molecular complexity index is 482. The molecule has 0 amide bonds. The second-order valence-corrected chi connectivity index (χ2v) is 6.26. The Morgan fingerprint density at radius 1 is 1.29 bits per heavy atom. The van der Waals surface area contributed by atoms with Crippen LogP contribution in [0.25, 0.3) is 0 Å². The third-order valence-corrected chi connectivity index (χ3v) is 4.42. The lowest BCUT2D eigenvalue weighted by Gasteiger charge is -2.16. The highest BCUT2D eigenvalue weighted by Crippen LogP contribution is 2.22. The van der Waals surface area contributed by atoms with Crippen LogP contribution in [0.4, 0.5) is 0 Å². The topological polar surface area (TPSA) is 41.6 Å². The normalized spacial score (nSPS) is 22.4. The van der Waals surface area contributed by atoms with Crippen molar-refractivity contribution in [3.63, 3.8) is 0 Å². The van der Waals surface area contributed by atoms with Gasteiger partial charge < -0.3 is 10.1 Å². The molecule has 0 radical (unpaired) electrons. The lowest BCUT2D eigenvalue weighted by molar-refractivity contribution is 0.0600. The zero-order chi connectivity index (χ0) is 14.7. The molecular formula is C17H24N2O2. The molecule has 1 aromatic rings. The number of nitrogens with one attached hydrogen (secondary N) is 1. The fourth-order valence-electron chi connectivity index (χ4n) is 2.97. The van der Waals surface area contributed by atoms with Gasteiger partial charge in [0.2, 0.25) is 0 Å². The van der Waals surface area contributed by atoms with Gasteiger partial charge in [-0.1, -0.05) is 12.1 Å². The Morgan fingerprint density at radius 3 is 2.71 bits per heavy atom. The maximum absolute atomic E-state index is 11.4. The number of rotatable bonds is 6. The summed E-state index contributed by atoms with van der Waals surface area (Å²) in [7, 11) is 1.41. The molecule has 1 aliphatic carbocycles. The Hall–Kier alpha value is -1.39. The largest absolute Gasteiger partial charge is 0.465 e. The molecule has 1 N–H and O–H groups in total. The van der Waals surface area contributed by atoms with Gasteiger partial charge in [0.15, 0.2) is 0 Å². The number of nitrogens with zero attached hydrogens (tertiary/aromatic N) is 1. The first-order valence-electron chi connectivity index (χ1n) is 7.87. The minimum atomic E-state index is -0.270. The lowest BCUT2D eigenvalue weighted by Crippen LogP contribution is -2.27. The van der Waals surface area contributed by atoms with E-state index in [1.165, 1.54) is 51.6 Å². The molecule has 0 spiro atoms. The summed E-state index contributed by atoms with van der Waals surface area (Å²) in [6.45, 7) is 4.50. The number of ether oxygens (including phenoxy) is 1. The molecule has 1 unspecified atom stereocenters. The summed E-state index contributed by atoms with van der Waals surface area (Å²) in [4.78, 5) is 13.9. The van der Waals surface area contributed by atoms with E-state index in [9.17, 15) is 4.79 Å².